The maximum Gasteiger partial charge on any atom is 0.314 e. The molecule has 1 unspecified atom stereocenters. The Labute approximate surface area is 141 Å². The first-order chi connectivity index (χ1) is 11.4. The SMILES string of the molecule is CNC(=O)NCCC(=O)NC(C)c1nc2ccccc2n1C(C)C. The van der Waals surface area contributed by atoms with Gasteiger partial charge in [-0.1, -0.05) is 12.1 Å². The Morgan fingerprint density at radius 1 is 1.21 bits per heavy atom. The summed E-state index contributed by atoms with van der Waals surface area (Å²) in [5.74, 6) is 0.708. The van der Waals surface area contributed by atoms with Gasteiger partial charge >= 0.3 is 6.03 Å². The van der Waals surface area contributed by atoms with Crippen LogP contribution in [0.3, 0.4) is 0 Å². The third-order valence-electron chi connectivity index (χ3n) is 3.77. The topological polar surface area (TPSA) is 88.1 Å². The van der Waals surface area contributed by atoms with E-state index in [0.29, 0.717) is 6.54 Å². The summed E-state index contributed by atoms with van der Waals surface area (Å²) in [7, 11) is 1.54. The highest BCUT2D eigenvalue weighted by Gasteiger charge is 2.19. The number of carbonyl (C=O) groups is 2. The van der Waals surface area contributed by atoms with Crippen LogP contribution in [0.25, 0.3) is 11.0 Å². The van der Waals surface area contributed by atoms with E-state index in [0.717, 1.165) is 16.9 Å². The molecule has 0 bridgehead atoms. The Kier molecular flexibility index (Phi) is 5.78. The largest absolute Gasteiger partial charge is 0.346 e. The average Bonchev–Trinajstić information content (AvgIpc) is 2.94. The molecule has 0 spiro atoms. The first kappa shape index (κ1) is 17.8. The maximum absolute atomic E-state index is 12.1. The van der Waals surface area contributed by atoms with E-state index >= 15 is 0 Å². The van der Waals surface area contributed by atoms with Crippen LogP contribution < -0.4 is 16.0 Å². The number of amides is 3. The fourth-order valence-electron chi connectivity index (χ4n) is 2.67. The van der Waals surface area contributed by atoms with Gasteiger partial charge in [-0.2, -0.15) is 0 Å². The van der Waals surface area contributed by atoms with Gasteiger partial charge in [-0.3, -0.25) is 4.79 Å². The van der Waals surface area contributed by atoms with Crippen molar-refractivity contribution in [1.82, 2.24) is 25.5 Å². The molecule has 3 amide bonds. The summed E-state index contributed by atoms with van der Waals surface area (Å²) in [6.45, 7) is 6.40. The third kappa shape index (κ3) is 4.04. The molecular formula is C17H25N5O2. The molecule has 1 atom stereocenters. The number of rotatable bonds is 6. The minimum Gasteiger partial charge on any atom is -0.346 e. The highest BCUT2D eigenvalue weighted by atomic mass is 16.2. The first-order valence-corrected chi connectivity index (χ1v) is 8.15. The number of imidazole rings is 1. The zero-order chi connectivity index (χ0) is 17.7. The molecule has 0 aliphatic rings. The molecule has 2 rings (SSSR count). The Hall–Kier alpha value is -2.57. The highest BCUT2D eigenvalue weighted by Crippen LogP contribution is 2.24. The molecule has 0 fully saturated rings. The number of fused-ring (bicyclic) bond motifs is 1. The Balaban J connectivity index is 2.08. The molecule has 24 heavy (non-hydrogen) atoms. The summed E-state index contributed by atoms with van der Waals surface area (Å²) >= 11 is 0. The number of urea groups is 1. The number of benzene rings is 1. The summed E-state index contributed by atoms with van der Waals surface area (Å²) in [6, 6.07) is 7.68. The fraction of sp³-hybridized carbons (Fsp3) is 0.471. The normalized spacial score (nSPS) is 12.2. The molecule has 0 aliphatic carbocycles. The zero-order valence-corrected chi connectivity index (χ0v) is 14.6. The lowest BCUT2D eigenvalue weighted by atomic mass is 10.2. The summed E-state index contributed by atoms with van der Waals surface area (Å²) in [4.78, 5) is 27.8. The maximum atomic E-state index is 12.1. The minimum absolute atomic E-state index is 0.124. The van der Waals surface area contributed by atoms with Crippen LogP contribution >= 0.6 is 0 Å². The molecule has 7 nitrogen and oxygen atoms in total. The molecule has 0 saturated carbocycles. The predicted octanol–water partition coefficient (Wildman–Crippen LogP) is 2.11. The summed E-state index contributed by atoms with van der Waals surface area (Å²) in [6.07, 6.45) is 0.222. The van der Waals surface area contributed by atoms with Gasteiger partial charge in [0, 0.05) is 26.1 Å². The molecule has 0 saturated heterocycles. The van der Waals surface area contributed by atoms with Gasteiger partial charge in [0.25, 0.3) is 0 Å². The van der Waals surface area contributed by atoms with Crippen molar-refractivity contribution < 1.29 is 9.59 Å². The van der Waals surface area contributed by atoms with Gasteiger partial charge < -0.3 is 20.5 Å². The second-order valence-electron chi connectivity index (χ2n) is 5.97. The van der Waals surface area contributed by atoms with Gasteiger partial charge in [-0.25, -0.2) is 9.78 Å². The van der Waals surface area contributed by atoms with Gasteiger partial charge in [-0.05, 0) is 32.9 Å². The standard InChI is InChI=1S/C17H25N5O2/c1-11(2)22-14-8-6-5-7-13(14)21-16(22)12(3)20-15(23)9-10-19-17(24)18-4/h5-8,11-12H,9-10H2,1-4H3,(H,20,23)(H2,18,19,24). The third-order valence-corrected chi connectivity index (χ3v) is 3.77. The number of nitrogens with one attached hydrogen (secondary N) is 3. The summed E-state index contributed by atoms with van der Waals surface area (Å²) < 4.78 is 2.14. The van der Waals surface area contributed by atoms with Crippen LogP contribution in [0, 0.1) is 0 Å². The van der Waals surface area contributed by atoms with Gasteiger partial charge in [0.1, 0.15) is 5.82 Å². The van der Waals surface area contributed by atoms with Crippen LogP contribution in [0.1, 0.15) is 45.1 Å². The van der Waals surface area contributed by atoms with Gasteiger partial charge in [0.05, 0.1) is 17.1 Å². The average molecular weight is 331 g/mol. The molecule has 7 heteroatoms. The Morgan fingerprint density at radius 2 is 1.92 bits per heavy atom. The summed E-state index contributed by atoms with van der Waals surface area (Å²) in [5.41, 5.74) is 1.98. The van der Waals surface area contributed by atoms with Crippen LogP contribution in [0.4, 0.5) is 4.79 Å². The van der Waals surface area contributed by atoms with Crippen molar-refractivity contribution in [3.05, 3.63) is 30.1 Å². The monoisotopic (exact) mass is 331 g/mol. The lowest BCUT2D eigenvalue weighted by Crippen LogP contribution is -2.36. The van der Waals surface area contributed by atoms with Crippen molar-refractivity contribution in [2.75, 3.05) is 13.6 Å². The zero-order valence-electron chi connectivity index (χ0n) is 14.6. The summed E-state index contributed by atoms with van der Waals surface area (Å²) in [5, 5.41) is 7.99. The molecule has 1 aromatic carbocycles. The van der Waals surface area contributed by atoms with E-state index in [4.69, 9.17) is 0 Å². The fourth-order valence-corrected chi connectivity index (χ4v) is 2.67. The lowest BCUT2D eigenvalue weighted by Gasteiger charge is -2.19. The molecular weight excluding hydrogens is 306 g/mol. The van der Waals surface area contributed by atoms with E-state index in [9.17, 15) is 9.59 Å². The van der Waals surface area contributed by atoms with Crippen LogP contribution in [-0.2, 0) is 4.79 Å². The Bertz CT molecular complexity index is 723. The first-order valence-electron chi connectivity index (χ1n) is 8.15. The van der Waals surface area contributed by atoms with Crippen molar-refractivity contribution in [3.63, 3.8) is 0 Å². The van der Waals surface area contributed by atoms with E-state index in [1.807, 2.05) is 31.2 Å². The second-order valence-corrected chi connectivity index (χ2v) is 5.97. The number of aromatic nitrogens is 2. The minimum atomic E-state index is -0.294. The van der Waals surface area contributed by atoms with Crippen molar-refractivity contribution in [2.24, 2.45) is 0 Å². The van der Waals surface area contributed by atoms with Crippen LogP contribution in [0.5, 0.6) is 0 Å². The quantitative estimate of drug-likeness (QED) is 0.757. The van der Waals surface area contributed by atoms with Crippen LogP contribution in [0.2, 0.25) is 0 Å². The van der Waals surface area contributed by atoms with Gasteiger partial charge in [0.2, 0.25) is 5.91 Å². The molecule has 130 valence electrons. The molecule has 1 heterocycles. The Morgan fingerprint density at radius 3 is 2.58 bits per heavy atom. The number of carbonyl (C=O) groups excluding carboxylic acids is 2. The molecule has 2 aromatic rings. The molecule has 0 radical (unpaired) electrons. The molecule has 3 N–H and O–H groups in total. The van der Waals surface area contributed by atoms with Crippen molar-refractivity contribution in [2.45, 2.75) is 39.3 Å². The van der Waals surface area contributed by atoms with E-state index in [1.54, 1.807) is 0 Å². The second kappa shape index (κ2) is 7.81. The van der Waals surface area contributed by atoms with E-state index in [2.05, 4.69) is 39.3 Å². The molecule has 1 aromatic heterocycles. The van der Waals surface area contributed by atoms with Crippen LogP contribution in [0.15, 0.2) is 24.3 Å². The van der Waals surface area contributed by atoms with Gasteiger partial charge in [0.15, 0.2) is 0 Å². The molecule has 0 aliphatic heterocycles. The van der Waals surface area contributed by atoms with E-state index < -0.39 is 0 Å². The number of nitrogens with zero attached hydrogens (tertiary/aromatic N) is 2. The number of hydrogen-bond donors (Lipinski definition) is 3. The number of hydrogen-bond acceptors (Lipinski definition) is 3. The number of para-hydroxylation sites is 2. The predicted molar refractivity (Wildman–Crippen MR) is 93.8 cm³/mol. The smallest absolute Gasteiger partial charge is 0.314 e. The van der Waals surface area contributed by atoms with Crippen molar-refractivity contribution in [1.29, 1.82) is 0 Å². The van der Waals surface area contributed by atoms with Crippen molar-refractivity contribution >= 4 is 23.0 Å². The highest BCUT2D eigenvalue weighted by molar-refractivity contribution is 5.79. The van der Waals surface area contributed by atoms with E-state index in [-0.39, 0.29) is 30.4 Å². The van der Waals surface area contributed by atoms with Gasteiger partial charge in [-0.15, -0.1) is 0 Å². The van der Waals surface area contributed by atoms with Crippen molar-refractivity contribution in [3.8, 4) is 0 Å². The van der Waals surface area contributed by atoms with Crippen LogP contribution in [-0.4, -0.2) is 35.1 Å². The lowest BCUT2D eigenvalue weighted by molar-refractivity contribution is -0.121. The van der Waals surface area contributed by atoms with E-state index in [1.165, 1.54) is 7.05 Å².